The Balaban J connectivity index is 3.49. The molecule has 0 aliphatic heterocycles. The molecule has 2 heteroatoms. The molecule has 2 nitrogen and oxygen atoms in total. The van der Waals surface area contributed by atoms with Gasteiger partial charge < -0.3 is 5.32 Å². The molecule has 10 heavy (non-hydrogen) atoms. The van der Waals surface area contributed by atoms with Crippen molar-refractivity contribution in [1.82, 2.24) is 5.32 Å². The highest BCUT2D eigenvalue weighted by Gasteiger charge is 2.04. The van der Waals surface area contributed by atoms with Crippen LogP contribution >= 0.6 is 0 Å². The number of rotatable bonds is 4. The average Bonchev–Trinajstić information content (AvgIpc) is 1.86. The van der Waals surface area contributed by atoms with Crippen LogP contribution in [0.5, 0.6) is 0 Å². The summed E-state index contributed by atoms with van der Waals surface area (Å²) in [6.07, 6.45) is 3.16. The van der Waals surface area contributed by atoms with Crippen LogP contribution in [0.15, 0.2) is 0 Å². The monoisotopic (exact) mass is 142 g/mol. The van der Waals surface area contributed by atoms with Gasteiger partial charge in [-0.2, -0.15) is 0 Å². The zero-order chi connectivity index (χ0) is 7.98. The van der Waals surface area contributed by atoms with E-state index in [4.69, 9.17) is 0 Å². The zero-order valence-electron chi connectivity index (χ0n) is 6.81. The summed E-state index contributed by atoms with van der Waals surface area (Å²) in [6, 6.07) is 0.329. The van der Waals surface area contributed by atoms with E-state index in [9.17, 15) is 4.79 Å². The molecule has 0 rings (SSSR count). The van der Waals surface area contributed by atoms with Crippen LogP contribution in [0.4, 0.5) is 0 Å². The number of carbonyl (C=O) groups excluding carboxylic acids is 1. The minimum Gasteiger partial charge on any atom is -0.353 e. The molecule has 1 unspecified atom stereocenters. The summed E-state index contributed by atoms with van der Waals surface area (Å²) in [5.41, 5.74) is 0. The van der Waals surface area contributed by atoms with Crippen molar-refractivity contribution in [2.45, 2.75) is 39.2 Å². The van der Waals surface area contributed by atoms with E-state index in [0.29, 0.717) is 6.04 Å². The van der Waals surface area contributed by atoms with Gasteiger partial charge in [-0.25, -0.2) is 0 Å². The highest BCUT2D eigenvalue weighted by molar-refractivity contribution is 5.80. The number of amides is 1. The maximum atomic E-state index is 10.5. The van der Waals surface area contributed by atoms with Gasteiger partial charge in [0.05, 0.1) is 0 Å². The van der Waals surface area contributed by atoms with Crippen molar-refractivity contribution in [2.24, 2.45) is 0 Å². The van der Waals surface area contributed by atoms with E-state index in [2.05, 4.69) is 26.1 Å². The first-order valence-corrected chi connectivity index (χ1v) is 3.83. The fourth-order valence-electron chi connectivity index (χ4n) is 0.954. The van der Waals surface area contributed by atoms with Gasteiger partial charge in [0.25, 0.3) is 0 Å². The minimum absolute atomic E-state index is 0.166. The van der Waals surface area contributed by atoms with E-state index in [1.165, 1.54) is 0 Å². The van der Waals surface area contributed by atoms with Gasteiger partial charge in [0.15, 0.2) is 0 Å². The van der Waals surface area contributed by atoms with Crippen LogP contribution in [0.3, 0.4) is 0 Å². The molecule has 0 spiro atoms. The molecule has 1 radical (unpaired) electrons. The molecule has 0 heterocycles. The summed E-state index contributed by atoms with van der Waals surface area (Å²) >= 11 is 0. The predicted molar refractivity (Wildman–Crippen MR) is 42.5 cm³/mol. The summed E-state index contributed by atoms with van der Waals surface area (Å²) < 4.78 is 0. The third-order valence-electron chi connectivity index (χ3n) is 1.50. The van der Waals surface area contributed by atoms with Crippen LogP contribution in [0.25, 0.3) is 0 Å². The maximum Gasteiger partial charge on any atom is 0.220 e. The molecule has 0 aromatic rings. The molecule has 1 amide bonds. The van der Waals surface area contributed by atoms with Crippen LogP contribution in [-0.2, 0) is 4.79 Å². The summed E-state index contributed by atoms with van der Waals surface area (Å²) in [7, 11) is 0. The third-order valence-corrected chi connectivity index (χ3v) is 1.50. The standard InChI is InChI=1S/C8H16NO/c1-4-6-8(5-2)9-7(3)10/h8H,3-6H2,1-2H3,(H,9,10). The van der Waals surface area contributed by atoms with Crippen molar-refractivity contribution < 1.29 is 4.79 Å². The first-order valence-electron chi connectivity index (χ1n) is 3.83. The Bertz CT molecular complexity index is 101. The molecular formula is C8H16NO. The lowest BCUT2D eigenvalue weighted by Crippen LogP contribution is -2.32. The second kappa shape index (κ2) is 5.27. The molecule has 0 aliphatic rings. The average molecular weight is 142 g/mol. The van der Waals surface area contributed by atoms with Gasteiger partial charge in [-0.1, -0.05) is 20.3 Å². The molecule has 59 valence electrons. The summed E-state index contributed by atoms with van der Waals surface area (Å²) in [4.78, 5) is 10.5. The topological polar surface area (TPSA) is 29.1 Å². The molecule has 0 bridgehead atoms. The Morgan fingerprint density at radius 1 is 1.60 bits per heavy atom. The molecule has 0 saturated heterocycles. The molecule has 0 aliphatic carbocycles. The second-order valence-corrected chi connectivity index (χ2v) is 2.46. The SMILES string of the molecule is [CH2]C(=O)NC(CC)CCC. The molecule has 0 fully saturated rings. The van der Waals surface area contributed by atoms with E-state index in [1.54, 1.807) is 0 Å². The first-order chi connectivity index (χ1) is 4.70. The Hall–Kier alpha value is -0.530. The minimum atomic E-state index is -0.166. The Morgan fingerprint density at radius 2 is 2.20 bits per heavy atom. The van der Waals surface area contributed by atoms with Crippen molar-refractivity contribution in [1.29, 1.82) is 0 Å². The fraction of sp³-hybridized carbons (Fsp3) is 0.750. The molecule has 0 aromatic heterocycles. The van der Waals surface area contributed by atoms with E-state index in [0.717, 1.165) is 19.3 Å². The lowest BCUT2D eigenvalue weighted by atomic mass is 10.1. The normalized spacial score (nSPS) is 12.7. The molecule has 0 saturated carbocycles. The zero-order valence-corrected chi connectivity index (χ0v) is 6.81. The fourth-order valence-corrected chi connectivity index (χ4v) is 0.954. The van der Waals surface area contributed by atoms with E-state index in [-0.39, 0.29) is 5.91 Å². The number of nitrogens with one attached hydrogen (secondary N) is 1. The Labute approximate surface area is 63.0 Å². The quantitative estimate of drug-likeness (QED) is 0.633. The highest BCUT2D eigenvalue weighted by Crippen LogP contribution is 1.99. The van der Waals surface area contributed by atoms with Crippen LogP contribution in [-0.4, -0.2) is 11.9 Å². The molecule has 1 atom stereocenters. The second-order valence-electron chi connectivity index (χ2n) is 2.46. The number of hydrogen-bond acceptors (Lipinski definition) is 1. The van der Waals surface area contributed by atoms with E-state index < -0.39 is 0 Å². The van der Waals surface area contributed by atoms with Gasteiger partial charge in [-0.3, -0.25) is 4.79 Å². The molecule has 0 aromatic carbocycles. The van der Waals surface area contributed by atoms with Crippen LogP contribution in [0, 0.1) is 6.92 Å². The van der Waals surface area contributed by atoms with Crippen molar-refractivity contribution >= 4 is 5.91 Å². The van der Waals surface area contributed by atoms with Crippen molar-refractivity contribution in [2.75, 3.05) is 0 Å². The van der Waals surface area contributed by atoms with Gasteiger partial charge in [-0.05, 0) is 12.8 Å². The Kier molecular flexibility index (Phi) is 4.99. The molecular weight excluding hydrogens is 126 g/mol. The molecule has 1 N–H and O–H groups in total. The maximum absolute atomic E-state index is 10.5. The van der Waals surface area contributed by atoms with Gasteiger partial charge >= 0.3 is 0 Å². The van der Waals surface area contributed by atoms with Gasteiger partial charge in [0.1, 0.15) is 0 Å². The third kappa shape index (κ3) is 4.36. The van der Waals surface area contributed by atoms with Gasteiger partial charge in [0.2, 0.25) is 5.91 Å². The number of hydrogen-bond donors (Lipinski definition) is 1. The van der Waals surface area contributed by atoms with E-state index >= 15 is 0 Å². The van der Waals surface area contributed by atoms with Gasteiger partial charge in [-0.15, -0.1) is 0 Å². The van der Waals surface area contributed by atoms with Crippen molar-refractivity contribution in [3.8, 4) is 0 Å². The van der Waals surface area contributed by atoms with Crippen LogP contribution in [0.1, 0.15) is 33.1 Å². The summed E-state index contributed by atoms with van der Waals surface area (Å²) in [6.45, 7) is 7.43. The smallest absolute Gasteiger partial charge is 0.220 e. The van der Waals surface area contributed by atoms with Crippen LogP contribution in [0.2, 0.25) is 0 Å². The van der Waals surface area contributed by atoms with Gasteiger partial charge in [0, 0.05) is 13.0 Å². The van der Waals surface area contributed by atoms with Crippen molar-refractivity contribution in [3.05, 3.63) is 6.92 Å². The Morgan fingerprint density at radius 3 is 2.50 bits per heavy atom. The highest BCUT2D eigenvalue weighted by atomic mass is 16.1. The predicted octanol–water partition coefficient (Wildman–Crippen LogP) is 1.52. The lowest BCUT2D eigenvalue weighted by molar-refractivity contribution is -0.117. The van der Waals surface area contributed by atoms with Crippen molar-refractivity contribution in [3.63, 3.8) is 0 Å². The first kappa shape index (κ1) is 9.47. The summed E-state index contributed by atoms with van der Waals surface area (Å²) in [5, 5.41) is 2.78. The van der Waals surface area contributed by atoms with E-state index in [1.807, 2.05) is 0 Å². The largest absolute Gasteiger partial charge is 0.353 e. The summed E-state index contributed by atoms with van der Waals surface area (Å²) in [5.74, 6) is -0.166. The number of carbonyl (C=O) groups is 1. The van der Waals surface area contributed by atoms with Crippen LogP contribution < -0.4 is 5.32 Å². The lowest BCUT2D eigenvalue weighted by Gasteiger charge is -2.13.